The third kappa shape index (κ3) is 6.36. The third-order valence-corrected chi connectivity index (χ3v) is 7.45. The first kappa shape index (κ1) is 31.0. The highest BCUT2D eigenvalue weighted by Gasteiger charge is 2.47. The molecule has 6 rings (SSSR count). The maximum Gasteiger partial charge on any atom is 0.519 e. The molecule has 5 aromatic rings. The van der Waals surface area contributed by atoms with Gasteiger partial charge < -0.3 is 28.7 Å². The van der Waals surface area contributed by atoms with E-state index in [1.54, 1.807) is 12.1 Å². The fourth-order valence-corrected chi connectivity index (χ4v) is 5.35. The molecule has 5 heterocycles. The van der Waals surface area contributed by atoms with E-state index in [9.17, 15) is 27.2 Å². The van der Waals surface area contributed by atoms with E-state index in [2.05, 4.69) is 20.5 Å². The van der Waals surface area contributed by atoms with Gasteiger partial charge in [0, 0.05) is 36.8 Å². The Morgan fingerprint density at radius 1 is 1.20 bits per heavy atom. The van der Waals surface area contributed by atoms with Crippen LogP contribution < -0.4 is 15.9 Å². The van der Waals surface area contributed by atoms with Crippen LogP contribution in [0.4, 0.5) is 22.4 Å². The Morgan fingerprint density at radius 3 is 2.76 bits per heavy atom. The average Bonchev–Trinajstić information content (AvgIpc) is 3.72. The quantitative estimate of drug-likeness (QED) is 0.224. The number of alkyl carbamates (subject to hydrolysis) is 1. The number of nitrogens with zero attached hydrogens (tertiary/aromatic N) is 5. The van der Waals surface area contributed by atoms with Crippen molar-refractivity contribution in [2.24, 2.45) is 0 Å². The second-order valence-corrected chi connectivity index (χ2v) is 10.5. The molecule has 0 bridgehead atoms. The average molecular weight is 647 g/mol. The molecular weight excluding hydrogens is 620 g/mol. The molecule has 13 nitrogen and oxygen atoms in total. The number of likely N-dealkylation sites (tertiary alicyclic amines) is 1. The summed E-state index contributed by atoms with van der Waals surface area (Å²) >= 11 is 0. The van der Waals surface area contributed by atoms with Crippen LogP contribution in [0.1, 0.15) is 29.5 Å². The van der Waals surface area contributed by atoms with Crippen molar-refractivity contribution in [1.29, 1.82) is 0 Å². The monoisotopic (exact) mass is 646 g/mol. The van der Waals surface area contributed by atoms with Crippen molar-refractivity contribution in [3.05, 3.63) is 76.1 Å². The Kier molecular flexibility index (Phi) is 8.35. The Balaban J connectivity index is 1.22. The topological polar surface area (TPSA) is 157 Å². The van der Waals surface area contributed by atoms with Gasteiger partial charge in [-0.2, -0.15) is 13.2 Å². The first-order valence-electron chi connectivity index (χ1n) is 14.0. The van der Waals surface area contributed by atoms with E-state index in [0.717, 1.165) is 0 Å². The summed E-state index contributed by atoms with van der Waals surface area (Å²) in [4.78, 5) is 29.2. The minimum atomic E-state index is -4.68. The number of pyridine rings is 2. The largest absolute Gasteiger partial charge is 0.519 e. The van der Waals surface area contributed by atoms with Gasteiger partial charge in [0.15, 0.2) is 41.2 Å². The van der Waals surface area contributed by atoms with E-state index in [4.69, 9.17) is 23.4 Å². The van der Waals surface area contributed by atoms with Crippen LogP contribution in [0.3, 0.4) is 0 Å². The molecule has 0 saturated carbocycles. The van der Waals surface area contributed by atoms with Gasteiger partial charge in [-0.1, -0.05) is 12.1 Å². The number of aromatic nitrogens is 4. The number of aliphatic hydroxyl groups is 1. The van der Waals surface area contributed by atoms with E-state index in [-0.39, 0.29) is 79.3 Å². The number of amides is 1. The number of nitrogens with one attached hydrogen (secondary N) is 1. The highest BCUT2D eigenvalue weighted by molar-refractivity contribution is 5.82. The van der Waals surface area contributed by atoms with Gasteiger partial charge in [-0.15, -0.1) is 10.2 Å². The zero-order valence-electron chi connectivity index (χ0n) is 24.1. The fraction of sp³-hybridized carbons (Fsp3) is 0.345. The van der Waals surface area contributed by atoms with E-state index < -0.39 is 36.0 Å². The van der Waals surface area contributed by atoms with Gasteiger partial charge in [-0.25, -0.2) is 19.0 Å². The molecule has 1 aromatic carbocycles. The van der Waals surface area contributed by atoms with E-state index in [1.807, 2.05) is 0 Å². The number of halogens is 4. The summed E-state index contributed by atoms with van der Waals surface area (Å²) < 4.78 is 79.2. The number of alkyl halides is 3. The van der Waals surface area contributed by atoms with Crippen molar-refractivity contribution in [2.45, 2.75) is 38.2 Å². The number of hydrogen-bond donors (Lipinski definition) is 2. The number of aryl methyl sites for hydroxylation is 1. The molecular formula is C29H26F4N6O7. The summed E-state index contributed by atoms with van der Waals surface area (Å²) in [6, 6.07) is 5.82. The van der Waals surface area contributed by atoms with Crippen molar-refractivity contribution < 1.29 is 45.8 Å². The molecule has 2 atom stereocenters. The molecule has 0 unspecified atom stereocenters. The predicted octanol–water partition coefficient (Wildman–Crippen LogP) is 3.91. The summed E-state index contributed by atoms with van der Waals surface area (Å²) in [5.74, 6) is -1.35. The smallest absolute Gasteiger partial charge is 0.488 e. The second kappa shape index (κ2) is 12.4. The minimum absolute atomic E-state index is 0.0266. The van der Waals surface area contributed by atoms with Crippen molar-refractivity contribution in [2.75, 3.05) is 26.3 Å². The van der Waals surface area contributed by atoms with Gasteiger partial charge in [0.05, 0.1) is 12.1 Å². The van der Waals surface area contributed by atoms with Gasteiger partial charge in [-0.3, -0.25) is 9.30 Å². The summed E-state index contributed by atoms with van der Waals surface area (Å²) in [6.07, 6.45) is -4.03. The lowest BCUT2D eigenvalue weighted by Crippen LogP contribution is -2.41. The lowest BCUT2D eigenvalue weighted by molar-refractivity contribution is -0.184. The van der Waals surface area contributed by atoms with Gasteiger partial charge >= 0.3 is 18.1 Å². The molecule has 4 aromatic heterocycles. The Bertz CT molecular complexity index is 1960. The van der Waals surface area contributed by atoms with Crippen LogP contribution in [0, 0.1) is 12.7 Å². The second-order valence-electron chi connectivity index (χ2n) is 10.5. The van der Waals surface area contributed by atoms with Crippen molar-refractivity contribution in [3.8, 4) is 17.3 Å². The van der Waals surface area contributed by atoms with E-state index in [0.29, 0.717) is 10.9 Å². The number of fused-ring (bicyclic) bond motifs is 2. The molecule has 1 saturated heterocycles. The first-order chi connectivity index (χ1) is 22.0. The maximum absolute atomic E-state index is 14.6. The summed E-state index contributed by atoms with van der Waals surface area (Å²) in [6.45, 7) is 0.559. The van der Waals surface area contributed by atoms with Crippen LogP contribution in [-0.2, 0) is 11.3 Å². The van der Waals surface area contributed by atoms with Gasteiger partial charge in [0.25, 0.3) is 0 Å². The molecule has 0 aliphatic carbocycles. The summed E-state index contributed by atoms with van der Waals surface area (Å²) in [7, 11) is 0. The van der Waals surface area contributed by atoms with Crippen LogP contribution >= 0.6 is 0 Å². The van der Waals surface area contributed by atoms with Gasteiger partial charge in [-0.05, 0) is 37.1 Å². The molecule has 242 valence electrons. The molecule has 1 amide bonds. The third-order valence-electron chi connectivity index (χ3n) is 7.45. The number of aliphatic hydroxyl groups excluding tert-OH is 1. The lowest BCUT2D eigenvalue weighted by atomic mass is 10.1. The number of benzene rings is 1. The van der Waals surface area contributed by atoms with Crippen molar-refractivity contribution in [1.82, 2.24) is 29.8 Å². The highest BCUT2D eigenvalue weighted by Crippen LogP contribution is 2.40. The van der Waals surface area contributed by atoms with Gasteiger partial charge in [0.2, 0.25) is 0 Å². The first-order valence-corrected chi connectivity index (χ1v) is 14.0. The molecule has 2 N–H and O–H groups in total. The minimum Gasteiger partial charge on any atom is -0.488 e. The number of carbonyl (C=O) groups excluding carboxylic acids is 1. The normalized spacial score (nSPS) is 16.3. The van der Waals surface area contributed by atoms with Crippen LogP contribution in [0.2, 0.25) is 0 Å². The molecule has 0 spiro atoms. The SMILES string of the molecule is Cc1oc(=O)oc1COC(=O)N[C@H]1CCN([C@H](c2ccc3nnc(-c4ccc5cc(F)c(OCCO)cc5n4)n3c2)C(F)(F)F)C1. The lowest BCUT2D eigenvalue weighted by Gasteiger charge is -2.30. The molecule has 46 heavy (non-hydrogen) atoms. The van der Waals surface area contributed by atoms with Crippen LogP contribution in [0.15, 0.2) is 56.2 Å². The summed E-state index contributed by atoms with van der Waals surface area (Å²) in [5.41, 5.74) is 0.804. The predicted molar refractivity (Wildman–Crippen MR) is 150 cm³/mol. The number of ether oxygens (including phenoxy) is 2. The Morgan fingerprint density at radius 2 is 2.02 bits per heavy atom. The fourth-order valence-electron chi connectivity index (χ4n) is 5.35. The van der Waals surface area contributed by atoms with Crippen LogP contribution in [-0.4, -0.2) is 74.2 Å². The van der Waals surface area contributed by atoms with E-state index >= 15 is 0 Å². The number of hydrogen-bond acceptors (Lipinski definition) is 11. The Labute approximate surface area is 256 Å². The summed E-state index contributed by atoms with van der Waals surface area (Å²) in [5, 5.41) is 20.2. The number of rotatable bonds is 9. The highest BCUT2D eigenvalue weighted by atomic mass is 19.4. The van der Waals surface area contributed by atoms with Gasteiger partial charge in [0.1, 0.15) is 18.3 Å². The molecule has 1 fully saturated rings. The van der Waals surface area contributed by atoms with Crippen molar-refractivity contribution in [3.63, 3.8) is 0 Å². The molecule has 0 radical (unpaired) electrons. The molecule has 17 heteroatoms. The number of carbonyl (C=O) groups is 1. The van der Waals surface area contributed by atoms with E-state index in [1.165, 1.54) is 46.7 Å². The van der Waals surface area contributed by atoms with Crippen LogP contribution in [0.25, 0.3) is 28.1 Å². The molecule has 1 aliphatic rings. The standard InChI is InChI=1S/C29H26F4N6O7/c1-15-23(46-28(42)45-15)14-44-27(41)34-18-6-7-38(13-18)25(29(31,32)33)17-3-5-24-36-37-26(39(24)12-17)20-4-2-16-10-19(30)22(43-9-8-40)11-21(16)35-20/h2-5,10-12,18,25,40H,6-9,13-14H2,1H3,(H,34,41)/t18-,25+/m0/s1. The van der Waals surface area contributed by atoms with Crippen LogP contribution in [0.5, 0.6) is 5.75 Å². The van der Waals surface area contributed by atoms with Crippen molar-refractivity contribution >= 4 is 22.6 Å². The molecule has 1 aliphatic heterocycles. The Hall–Kier alpha value is -5.03. The zero-order valence-corrected chi connectivity index (χ0v) is 24.1. The maximum atomic E-state index is 14.6. The zero-order chi connectivity index (χ0) is 32.6.